The highest BCUT2D eigenvalue weighted by Crippen LogP contribution is 2.45. The Morgan fingerprint density at radius 1 is 0.307 bits per heavy atom. The van der Waals surface area contributed by atoms with Crippen LogP contribution in [0, 0.1) is 5.92 Å². The lowest BCUT2D eigenvalue weighted by atomic mass is 10.0. The molecule has 0 radical (unpaired) electrons. The van der Waals surface area contributed by atoms with Crippen molar-refractivity contribution in [2.75, 3.05) is 39.6 Å². The van der Waals surface area contributed by atoms with Crippen molar-refractivity contribution < 1.29 is 80.2 Å². The van der Waals surface area contributed by atoms with Crippen molar-refractivity contribution in [3.05, 3.63) is 0 Å². The highest BCUT2D eigenvalue weighted by Gasteiger charge is 2.30. The Morgan fingerprint density at radius 3 is 0.773 bits per heavy atom. The van der Waals surface area contributed by atoms with Gasteiger partial charge in [0.05, 0.1) is 26.4 Å². The van der Waals surface area contributed by atoms with Gasteiger partial charge in [-0.2, -0.15) is 0 Å². The summed E-state index contributed by atoms with van der Waals surface area (Å²) in [6, 6.07) is 0. The molecule has 0 aromatic carbocycles. The number of aliphatic hydroxyl groups excluding tert-OH is 1. The first-order valence-electron chi connectivity index (χ1n) is 36.1. The van der Waals surface area contributed by atoms with Gasteiger partial charge >= 0.3 is 39.5 Å². The molecule has 88 heavy (non-hydrogen) atoms. The van der Waals surface area contributed by atoms with Crippen LogP contribution in [0.25, 0.3) is 0 Å². The summed E-state index contributed by atoms with van der Waals surface area (Å²) >= 11 is 0. The standard InChI is InChI=1S/C69H134O17P2/c1-6-9-12-15-17-19-20-21-24-28-31-35-38-43-48-53-67(72)80-59-65(86-69(74)55-50-45-40-36-32-29-26-23-22-25-27-30-34-37-42-46-51-62(4)5)61-84-88(77,78)82-57-63(70)56-81-87(75,76)83-60-64(58-79-66(71)52-47-41-14-11-8-3)85-68(73)54-49-44-39-33-18-16-13-10-7-2/h62-65,70H,6-61H2,1-5H3,(H,75,76)(H,77,78)/t63-,64+,65+/m0/s1. The van der Waals surface area contributed by atoms with E-state index in [1.165, 1.54) is 173 Å². The molecule has 0 bridgehead atoms. The minimum Gasteiger partial charge on any atom is -0.462 e. The Bertz CT molecular complexity index is 1700. The van der Waals surface area contributed by atoms with Crippen LogP contribution in [-0.4, -0.2) is 96.7 Å². The number of aliphatic hydroxyl groups is 1. The van der Waals surface area contributed by atoms with E-state index in [1.54, 1.807) is 0 Å². The molecule has 0 heterocycles. The van der Waals surface area contributed by atoms with Crippen LogP contribution >= 0.6 is 15.6 Å². The van der Waals surface area contributed by atoms with Crippen LogP contribution in [0.15, 0.2) is 0 Å². The van der Waals surface area contributed by atoms with Gasteiger partial charge in [-0.1, -0.05) is 304 Å². The first-order valence-corrected chi connectivity index (χ1v) is 39.1. The van der Waals surface area contributed by atoms with Crippen LogP contribution in [0.2, 0.25) is 0 Å². The molecule has 0 fully saturated rings. The predicted molar refractivity (Wildman–Crippen MR) is 354 cm³/mol. The maximum atomic E-state index is 13.0. The van der Waals surface area contributed by atoms with Crippen LogP contribution in [0.3, 0.4) is 0 Å². The van der Waals surface area contributed by atoms with Crippen molar-refractivity contribution >= 4 is 39.5 Å². The lowest BCUT2D eigenvalue weighted by molar-refractivity contribution is -0.161. The van der Waals surface area contributed by atoms with Crippen LogP contribution in [0.5, 0.6) is 0 Å². The maximum absolute atomic E-state index is 13.0. The Hall–Kier alpha value is -1.94. The molecule has 0 aliphatic rings. The Kier molecular flexibility index (Phi) is 61.1. The molecule has 5 atom stereocenters. The summed E-state index contributed by atoms with van der Waals surface area (Å²) in [7, 11) is -9.88. The molecule has 0 aromatic heterocycles. The molecule has 2 unspecified atom stereocenters. The number of phosphoric acid groups is 2. The summed E-state index contributed by atoms with van der Waals surface area (Å²) < 4.78 is 68.0. The van der Waals surface area contributed by atoms with E-state index in [0.717, 1.165) is 102 Å². The van der Waals surface area contributed by atoms with E-state index in [4.69, 9.17) is 37.0 Å². The summed E-state index contributed by atoms with van der Waals surface area (Å²) in [6.07, 6.45) is 49.0. The topological polar surface area (TPSA) is 237 Å². The zero-order valence-electron chi connectivity index (χ0n) is 56.9. The predicted octanol–water partition coefficient (Wildman–Crippen LogP) is 19.7. The molecule has 19 heteroatoms. The minimum atomic E-state index is -4.95. The number of rotatable bonds is 69. The molecule has 0 aromatic rings. The zero-order chi connectivity index (χ0) is 64.9. The molecule has 0 rings (SSSR count). The molecule has 0 saturated carbocycles. The van der Waals surface area contributed by atoms with E-state index in [2.05, 4.69) is 34.6 Å². The van der Waals surface area contributed by atoms with Crippen molar-refractivity contribution in [3.63, 3.8) is 0 Å². The molecule has 3 N–H and O–H groups in total. The number of carbonyl (C=O) groups is 4. The van der Waals surface area contributed by atoms with Gasteiger partial charge in [0.15, 0.2) is 12.2 Å². The average molecular weight is 1300 g/mol. The van der Waals surface area contributed by atoms with Crippen molar-refractivity contribution in [2.24, 2.45) is 5.92 Å². The number of ether oxygens (including phenoxy) is 4. The summed E-state index contributed by atoms with van der Waals surface area (Å²) in [5.74, 6) is -1.33. The van der Waals surface area contributed by atoms with E-state index < -0.39 is 97.5 Å². The largest absolute Gasteiger partial charge is 0.472 e. The van der Waals surface area contributed by atoms with E-state index in [1.807, 2.05) is 0 Å². The number of esters is 4. The molecule has 0 amide bonds. The van der Waals surface area contributed by atoms with Crippen LogP contribution < -0.4 is 0 Å². The third kappa shape index (κ3) is 62.8. The van der Waals surface area contributed by atoms with Gasteiger partial charge in [-0.05, 0) is 31.6 Å². The Morgan fingerprint density at radius 2 is 0.523 bits per heavy atom. The molecular weight excluding hydrogens is 1160 g/mol. The van der Waals surface area contributed by atoms with E-state index >= 15 is 0 Å². The van der Waals surface area contributed by atoms with Gasteiger partial charge in [0.2, 0.25) is 0 Å². The number of unbranched alkanes of at least 4 members (excludes halogenated alkanes) is 41. The lowest BCUT2D eigenvalue weighted by Gasteiger charge is -2.21. The van der Waals surface area contributed by atoms with Gasteiger partial charge in [-0.3, -0.25) is 37.3 Å². The normalized spacial score (nSPS) is 14.1. The first-order chi connectivity index (χ1) is 42.5. The Balaban J connectivity index is 5.13. The van der Waals surface area contributed by atoms with Crippen molar-refractivity contribution in [3.8, 4) is 0 Å². The monoisotopic (exact) mass is 1300 g/mol. The average Bonchev–Trinajstić information content (AvgIpc) is 3.70. The third-order valence-corrected chi connectivity index (χ3v) is 17.9. The molecule has 0 spiro atoms. The van der Waals surface area contributed by atoms with Gasteiger partial charge in [0.25, 0.3) is 0 Å². The van der Waals surface area contributed by atoms with Crippen molar-refractivity contribution in [1.29, 1.82) is 0 Å². The number of phosphoric ester groups is 2. The number of carbonyl (C=O) groups excluding carboxylic acids is 4. The van der Waals surface area contributed by atoms with Gasteiger partial charge in [0, 0.05) is 25.7 Å². The fourth-order valence-electron chi connectivity index (χ4n) is 10.5. The highest BCUT2D eigenvalue weighted by molar-refractivity contribution is 7.47. The van der Waals surface area contributed by atoms with Crippen LogP contribution in [0.1, 0.15) is 356 Å². The van der Waals surface area contributed by atoms with Crippen molar-refractivity contribution in [1.82, 2.24) is 0 Å². The van der Waals surface area contributed by atoms with Crippen LogP contribution in [-0.2, 0) is 65.4 Å². The number of hydrogen-bond acceptors (Lipinski definition) is 15. The fourth-order valence-corrected chi connectivity index (χ4v) is 12.0. The zero-order valence-corrected chi connectivity index (χ0v) is 58.6. The second kappa shape index (κ2) is 62.5. The van der Waals surface area contributed by atoms with Crippen molar-refractivity contribution in [2.45, 2.75) is 374 Å². The summed E-state index contributed by atoms with van der Waals surface area (Å²) in [6.45, 7) is 7.17. The van der Waals surface area contributed by atoms with E-state index in [0.29, 0.717) is 25.7 Å². The van der Waals surface area contributed by atoms with Gasteiger partial charge in [0.1, 0.15) is 19.3 Å². The molecule has 0 aliphatic carbocycles. The first kappa shape index (κ1) is 86.1. The Labute approximate surface area is 537 Å². The molecule has 522 valence electrons. The van der Waals surface area contributed by atoms with Gasteiger partial charge in [-0.15, -0.1) is 0 Å². The molecule has 0 saturated heterocycles. The molecular formula is C69H134O17P2. The summed E-state index contributed by atoms with van der Waals surface area (Å²) in [5, 5.41) is 10.5. The molecule has 0 aliphatic heterocycles. The molecule has 17 nitrogen and oxygen atoms in total. The smallest absolute Gasteiger partial charge is 0.462 e. The fraction of sp³-hybridized carbons (Fsp3) is 0.942. The second-order valence-corrected chi connectivity index (χ2v) is 28.3. The third-order valence-electron chi connectivity index (χ3n) is 16.0. The summed E-state index contributed by atoms with van der Waals surface area (Å²) in [4.78, 5) is 72.1. The summed E-state index contributed by atoms with van der Waals surface area (Å²) in [5.41, 5.74) is 0. The van der Waals surface area contributed by atoms with Gasteiger partial charge < -0.3 is 33.8 Å². The lowest BCUT2D eigenvalue weighted by Crippen LogP contribution is -2.30. The quantitative estimate of drug-likeness (QED) is 0.0222. The highest BCUT2D eigenvalue weighted by atomic mass is 31.2. The van der Waals surface area contributed by atoms with E-state index in [9.17, 15) is 43.2 Å². The maximum Gasteiger partial charge on any atom is 0.472 e. The van der Waals surface area contributed by atoms with Gasteiger partial charge in [-0.25, -0.2) is 9.13 Å². The minimum absolute atomic E-state index is 0.105. The van der Waals surface area contributed by atoms with Crippen LogP contribution in [0.4, 0.5) is 0 Å². The SMILES string of the molecule is CCCCCCCCCCCCCCCCCC(=O)OC[C@H](COP(=O)(O)OC[C@@H](O)COP(=O)(O)OC[C@@H](COC(=O)CCCCCCC)OC(=O)CCCCCCCCCCC)OC(=O)CCCCCCCCCCCCCCCCCCC(C)C. The number of hydrogen-bond donors (Lipinski definition) is 3. The van der Waals surface area contributed by atoms with E-state index in [-0.39, 0.29) is 25.7 Å². The second-order valence-electron chi connectivity index (χ2n) is 25.4.